The predicted octanol–water partition coefficient (Wildman–Crippen LogP) is 0.0994. The first-order valence-electron chi connectivity index (χ1n) is 10.8. The standard InChI is InChI=1S/C20H32N7O3/c1-14(2)5-6-25-18(28)16-17(23(4)20(25)29)21-19-26(16)13-15(3)22-27(19)8-7-24-9-11-30-12-10-24/h14,16H,5-13H2,1-4H3/q+1. The van der Waals surface area contributed by atoms with E-state index in [-0.39, 0.29) is 11.9 Å². The molecule has 2 fully saturated rings. The molecule has 0 bridgehead atoms. The summed E-state index contributed by atoms with van der Waals surface area (Å²) in [5.74, 6) is 1.39. The van der Waals surface area contributed by atoms with Crippen LogP contribution in [-0.2, 0) is 9.53 Å². The van der Waals surface area contributed by atoms with Crippen molar-refractivity contribution in [2.45, 2.75) is 33.2 Å². The van der Waals surface area contributed by atoms with Gasteiger partial charge in [0.05, 0.1) is 18.9 Å². The fraction of sp³-hybridized carbons (Fsp3) is 0.750. The maximum absolute atomic E-state index is 13.3. The van der Waals surface area contributed by atoms with Crippen LogP contribution in [0.15, 0.2) is 10.1 Å². The minimum atomic E-state index is -0.564. The summed E-state index contributed by atoms with van der Waals surface area (Å²) in [5.41, 5.74) is 0.929. The van der Waals surface area contributed by atoms with Crippen molar-refractivity contribution in [3.05, 3.63) is 0 Å². The molecule has 1 atom stereocenters. The molecule has 164 valence electrons. The summed E-state index contributed by atoms with van der Waals surface area (Å²) in [5, 5.41) is 6.57. The van der Waals surface area contributed by atoms with Crippen LogP contribution in [0.4, 0.5) is 4.79 Å². The van der Waals surface area contributed by atoms with Gasteiger partial charge < -0.3 is 4.74 Å². The number of hydrogen-bond acceptors (Lipinski definition) is 7. The number of hydrazone groups is 1. The Bertz CT molecular complexity index is 813. The lowest BCUT2D eigenvalue weighted by atomic mass is 10.1. The molecular weight excluding hydrogens is 386 g/mol. The molecule has 30 heavy (non-hydrogen) atoms. The molecule has 0 aliphatic carbocycles. The fourth-order valence-corrected chi connectivity index (χ4v) is 4.21. The summed E-state index contributed by atoms with van der Waals surface area (Å²) in [6.45, 7) is 12.0. The Morgan fingerprint density at radius 2 is 1.90 bits per heavy atom. The zero-order valence-corrected chi connectivity index (χ0v) is 18.4. The lowest BCUT2D eigenvalue weighted by molar-refractivity contribution is -0.527. The molecule has 1 unspecified atom stereocenters. The van der Waals surface area contributed by atoms with Gasteiger partial charge in [-0.2, -0.15) is 0 Å². The first-order valence-corrected chi connectivity index (χ1v) is 10.8. The molecule has 4 heterocycles. The fourth-order valence-electron chi connectivity index (χ4n) is 4.21. The number of aliphatic imine (C=N–C) groups is 1. The SMILES string of the molecule is CC1=NN(CCN2CCOCC2)C2=[N+](C1)C1C(=O)N(CCC(C)C)C(=O)N(C)C1=N2. The predicted molar refractivity (Wildman–Crippen MR) is 113 cm³/mol. The minimum Gasteiger partial charge on any atom is -0.379 e. The smallest absolute Gasteiger partial charge is 0.379 e. The summed E-state index contributed by atoms with van der Waals surface area (Å²) in [6, 6.07) is -0.861. The molecule has 0 aromatic heterocycles. The van der Waals surface area contributed by atoms with Gasteiger partial charge >= 0.3 is 12.0 Å². The average molecular weight is 419 g/mol. The van der Waals surface area contributed by atoms with Gasteiger partial charge in [0.25, 0.3) is 5.91 Å². The normalized spacial score (nSPS) is 25.1. The third kappa shape index (κ3) is 3.85. The number of rotatable bonds is 6. The van der Waals surface area contributed by atoms with Crippen LogP contribution < -0.4 is 0 Å². The molecule has 0 spiro atoms. The number of morpholine rings is 1. The molecular formula is C20H32N7O3+. The van der Waals surface area contributed by atoms with Crippen molar-refractivity contribution in [1.29, 1.82) is 0 Å². The molecule has 4 aliphatic heterocycles. The number of ether oxygens (including phenoxy) is 1. The average Bonchev–Trinajstić information content (AvgIpc) is 3.10. The van der Waals surface area contributed by atoms with Crippen molar-refractivity contribution >= 4 is 29.4 Å². The van der Waals surface area contributed by atoms with Gasteiger partial charge in [0.2, 0.25) is 11.9 Å². The number of likely N-dealkylation sites (N-methyl/N-ethyl adjacent to an activating group) is 1. The Balaban J connectivity index is 1.55. The summed E-state index contributed by atoms with van der Waals surface area (Å²) >= 11 is 0. The Labute approximate surface area is 177 Å². The number of hydrogen-bond donors (Lipinski definition) is 0. The van der Waals surface area contributed by atoms with E-state index in [4.69, 9.17) is 14.8 Å². The number of amidine groups is 1. The van der Waals surface area contributed by atoms with Crippen LogP contribution >= 0.6 is 0 Å². The number of fused-ring (bicyclic) bond motifs is 2. The van der Waals surface area contributed by atoms with Crippen LogP contribution in [0.5, 0.6) is 0 Å². The van der Waals surface area contributed by atoms with Gasteiger partial charge in [0.15, 0.2) is 0 Å². The van der Waals surface area contributed by atoms with Crippen molar-refractivity contribution < 1.29 is 18.9 Å². The van der Waals surface area contributed by atoms with Gasteiger partial charge in [-0.25, -0.2) is 9.37 Å². The number of nitrogens with zero attached hydrogens (tertiary/aromatic N) is 7. The zero-order valence-electron chi connectivity index (χ0n) is 18.4. The number of urea groups is 1. The molecule has 3 amide bonds. The maximum atomic E-state index is 13.3. The topological polar surface area (TPSA) is 84.1 Å². The van der Waals surface area contributed by atoms with E-state index in [2.05, 4.69) is 18.7 Å². The Morgan fingerprint density at radius 3 is 2.60 bits per heavy atom. The van der Waals surface area contributed by atoms with Crippen molar-refractivity contribution in [2.24, 2.45) is 16.0 Å². The lowest BCUT2D eigenvalue weighted by Gasteiger charge is -2.34. The summed E-state index contributed by atoms with van der Waals surface area (Å²) in [4.78, 5) is 36.1. The molecule has 4 rings (SSSR count). The van der Waals surface area contributed by atoms with Gasteiger partial charge in [-0.05, 0) is 19.3 Å². The van der Waals surface area contributed by atoms with Crippen molar-refractivity contribution in [2.75, 3.05) is 59.5 Å². The number of guanidine groups is 1. The maximum Gasteiger partial charge on any atom is 0.416 e. The van der Waals surface area contributed by atoms with Crippen molar-refractivity contribution in [3.63, 3.8) is 0 Å². The van der Waals surface area contributed by atoms with E-state index in [1.54, 1.807) is 7.05 Å². The second-order valence-electron chi connectivity index (χ2n) is 8.73. The van der Waals surface area contributed by atoms with Crippen molar-refractivity contribution in [3.8, 4) is 0 Å². The summed E-state index contributed by atoms with van der Waals surface area (Å²) in [6.07, 6.45) is 0.785. The van der Waals surface area contributed by atoms with E-state index in [0.717, 1.165) is 45.0 Å². The second kappa shape index (κ2) is 8.43. The van der Waals surface area contributed by atoms with E-state index in [0.29, 0.717) is 37.3 Å². The Hall–Kier alpha value is -2.33. The zero-order chi connectivity index (χ0) is 21.4. The molecule has 2 saturated heterocycles. The highest BCUT2D eigenvalue weighted by atomic mass is 16.5. The van der Waals surface area contributed by atoms with E-state index in [1.807, 2.05) is 16.5 Å². The summed E-state index contributed by atoms with van der Waals surface area (Å²) < 4.78 is 7.41. The molecule has 0 radical (unpaired) electrons. The van der Waals surface area contributed by atoms with Crippen LogP contribution in [0.2, 0.25) is 0 Å². The lowest BCUT2D eigenvalue weighted by Crippen LogP contribution is -2.63. The van der Waals surface area contributed by atoms with E-state index in [9.17, 15) is 9.59 Å². The summed E-state index contributed by atoms with van der Waals surface area (Å²) in [7, 11) is 1.70. The van der Waals surface area contributed by atoms with Crippen molar-refractivity contribution in [1.82, 2.24) is 19.7 Å². The van der Waals surface area contributed by atoms with Crippen LogP contribution in [0.3, 0.4) is 0 Å². The quantitative estimate of drug-likeness (QED) is 0.572. The van der Waals surface area contributed by atoms with Gasteiger partial charge in [-0.1, -0.05) is 18.8 Å². The highest BCUT2D eigenvalue weighted by Gasteiger charge is 2.54. The third-order valence-corrected chi connectivity index (χ3v) is 5.97. The third-order valence-electron chi connectivity index (χ3n) is 5.97. The molecule has 10 nitrogen and oxygen atoms in total. The molecule has 0 saturated carbocycles. The monoisotopic (exact) mass is 418 g/mol. The van der Waals surface area contributed by atoms with Gasteiger partial charge in [-0.3, -0.25) is 19.5 Å². The second-order valence-corrected chi connectivity index (χ2v) is 8.73. The van der Waals surface area contributed by atoms with Gasteiger partial charge in [0, 0.05) is 33.2 Å². The van der Waals surface area contributed by atoms with E-state index in [1.165, 1.54) is 9.80 Å². The van der Waals surface area contributed by atoms with Crippen LogP contribution in [0.25, 0.3) is 0 Å². The minimum absolute atomic E-state index is 0.185. The Morgan fingerprint density at radius 1 is 1.17 bits per heavy atom. The molecule has 4 aliphatic rings. The molecule has 10 heteroatoms. The van der Waals surface area contributed by atoms with E-state index >= 15 is 0 Å². The molecule has 0 N–H and O–H groups in total. The van der Waals surface area contributed by atoms with Gasteiger partial charge in [0.1, 0.15) is 13.1 Å². The van der Waals surface area contributed by atoms with E-state index < -0.39 is 6.04 Å². The number of carbonyl (C=O) groups excluding carboxylic acids is 2. The highest BCUT2D eigenvalue weighted by Crippen LogP contribution is 2.23. The van der Waals surface area contributed by atoms with Crippen LogP contribution in [-0.4, -0.2) is 119 Å². The molecule has 0 aromatic rings. The molecule has 0 aromatic carbocycles. The van der Waals surface area contributed by atoms with Crippen LogP contribution in [0.1, 0.15) is 27.2 Å². The first-order chi connectivity index (χ1) is 14.4. The first kappa shape index (κ1) is 20.9. The van der Waals surface area contributed by atoms with Crippen LogP contribution in [0, 0.1) is 5.92 Å². The highest BCUT2D eigenvalue weighted by molar-refractivity contribution is 6.23. The number of amides is 3. The Kier molecular flexibility index (Phi) is 5.88. The largest absolute Gasteiger partial charge is 0.416 e. The number of imide groups is 1. The van der Waals surface area contributed by atoms with Gasteiger partial charge in [-0.15, -0.1) is 10.1 Å². The number of carbonyl (C=O) groups is 2.